The van der Waals surface area contributed by atoms with Gasteiger partial charge >= 0.3 is 0 Å². The van der Waals surface area contributed by atoms with Crippen molar-refractivity contribution in [2.45, 2.75) is 6.92 Å². The van der Waals surface area contributed by atoms with Gasteiger partial charge in [-0.05, 0) is 65.4 Å². The van der Waals surface area contributed by atoms with Gasteiger partial charge < -0.3 is 5.32 Å². The van der Waals surface area contributed by atoms with E-state index >= 15 is 0 Å². The van der Waals surface area contributed by atoms with Crippen LogP contribution in [0.15, 0.2) is 30.3 Å². The maximum absolute atomic E-state index is 14.0. The van der Waals surface area contributed by atoms with E-state index in [-0.39, 0.29) is 11.3 Å². The standard InChI is InChI=1S/C14H12F2IN3O/c1-7-6-8(17)2-5-11(7)19-13-9(14(21)20-18)3-4-10(15)12(13)16/h2-6,19H,18H2,1H3,(H,20,21). The maximum Gasteiger partial charge on any atom is 0.267 e. The van der Waals surface area contributed by atoms with Crippen molar-refractivity contribution in [2.24, 2.45) is 5.84 Å². The van der Waals surface area contributed by atoms with Crippen LogP contribution in [0.3, 0.4) is 0 Å². The molecule has 110 valence electrons. The van der Waals surface area contributed by atoms with Crippen molar-refractivity contribution < 1.29 is 13.6 Å². The Balaban J connectivity index is 2.51. The summed E-state index contributed by atoms with van der Waals surface area (Å²) < 4.78 is 28.4. The number of rotatable bonds is 3. The first-order chi connectivity index (χ1) is 9.93. The van der Waals surface area contributed by atoms with E-state index in [1.807, 2.05) is 24.5 Å². The molecule has 0 saturated carbocycles. The lowest BCUT2D eigenvalue weighted by Gasteiger charge is -2.14. The van der Waals surface area contributed by atoms with E-state index < -0.39 is 17.5 Å². The molecule has 0 atom stereocenters. The quantitative estimate of drug-likeness (QED) is 0.319. The zero-order valence-corrected chi connectivity index (χ0v) is 13.2. The minimum atomic E-state index is -1.13. The summed E-state index contributed by atoms with van der Waals surface area (Å²) in [5, 5.41) is 2.76. The highest BCUT2D eigenvalue weighted by atomic mass is 127. The first-order valence-corrected chi connectivity index (χ1v) is 7.04. The van der Waals surface area contributed by atoms with Crippen LogP contribution in [0.5, 0.6) is 0 Å². The fourth-order valence-corrected chi connectivity index (χ4v) is 2.49. The molecule has 0 spiro atoms. The number of amides is 1. The van der Waals surface area contributed by atoms with Crippen molar-refractivity contribution in [1.82, 2.24) is 5.43 Å². The second-order valence-corrected chi connectivity index (χ2v) is 5.59. The Kier molecular flexibility index (Phi) is 4.73. The number of anilines is 2. The minimum absolute atomic E-state index is 0.0747. The third-order valence-electron chi connectivity index (χ3n) is 2.92. The molecule has 2 aromatic rings. The van der Waals surface area contributed by atoms with Crippen LogP contribution in [-0.4, -0.2) is 5.91 Å². The van der Waals surface area contributed by atoms with Gasteiger partial charge in [0.2, 0.25) is 0 Å². The number of hydrazine groups is 1. The number of aryl methyl sites for hydroxylation is 1. The molecule has 0 aliphatic carbocycles. The van der Waals surface area contributed by atoms with Gasteiger partial charge in [-0.15, -0.1) is 0 Å². The van der Waals surface area contributed by atoms with Crippen molar-refractivity contribution in [2.75, 3.05) is 5.32 Å². The van der Waals surface area contributed by atoms with E-state index in [1.54, 1.807) is 6.07 Å². The summed E-state index contributed by atoms with van der Waals surface area (Å²) in [5.74, 6) is 2.17. The fourth-order valence-electron chi connectivity index (χ4n) is 1.84. The van der Waals surface area contributed by atoms with Crippen LogP contribution >= 0.6 is 22.6 Å². The van der Waals surface area contributed by atoms with Gasteiger partial charge in [0.25, 0.3) is 5.91 Å². The molecule has 0 radical (unpaired) electrons. The highest BCUT2D eigenvalue weighted by Crippen LogP contribution is 2.28. The molecule has 0 unspecified atom stereocenters. The zero-order valence-electron chi connectivity index (χ0n) is 11.0. The van der Waals surface area contributed by atoms with Crippen LogP contribution in [-0.2, 0) is 0 Å². The Labute approximate surface area is 133 Å². The number of hydrogen-bond donors (Lipinski definition) is 3. The summed E-state index contributed by atoms with van der Waals surface area (Å²) in [4.78, 5) is 11.7. The molecule has 0 bridgehead atoms. The number of carbonyl (C=O) groups is 1. The number of carbonyl (C=O) groups excluding carboxylic acids is 1. The van der Waals surface area contributed by atoms with E-state index in [2.05, 4.69) is 27.9 Å². The Bertz CT molecular complexity index is 707. The molecular weight excluding hydrogens is 391 g/mol. The molecule has 21 heavy (non-hydrogen) atoms. The Morgan fingerprint density at radius 3 is 2.57 bits per heavy atom. The highest BCUT2D eigenvalue weighted by molar-refractivity contribution is 14.1. The Morgan fingerprint density at radius 2 is 1.95 bits per heavy atom. The van der Waals surface area contributed by atoms with Gasteiger partial charge in [0.05, 0.1) is 11.3 Å². The molecule has 0 saturated heterocycles. The molecular formula is C14H12F2IN3O. The van der Waals surface area contributed by atoms with Gasteiger partial charge in [0, 0.05) is 9.26 Å². The summed E-state index contributed by atoms with van der Waals surface area (Å²) >= 11 is 2.15. The summed E-state index contributed by atoms with van der Waals surface area (Å²) in [6, 6.07) is 7.47. The topological polar surface area (TPSA) is 67.2 Å². The molecule has 7 heteroatoms. The first kappa shape index (κ1) is 15.6. The number of nitrogens with one attached hydrogen (secondary N) is 2. The van der Waals surface area contributed by atoms with Gasteiger partial charge in [-0.3, -0.25) is 10.2 Å². The summed E-state index contributed by atoms with van der Waals surface area (Å²) in [6.07, 6.45) is 0. The average Bonchev–Trinajstić information content (AvgIpc) is 2.45. The third-order valence-corrected chi connectivity index (χ3v) is 3.59. The lowest BCUT2D eigenvalue weighted by Crippen LogP contribution is -2.30. The lowest BCUT2D eigenvalue weighted by atomic mass is 10.1. The van der Waals surface area contributed by atoms with E-state index in [0.717, 1.165) is 15.2 Å². The lowest BCUT2D eigenvalue weighted by molar-refractivity contribution is 0.0954. The summed E-state index contributed by atoms with van der Waals surface area (Å²) in [7, 11) is 0. The van der Waals surface area contributed by atoms with Gasteiger partial charge in [-0.1, -0.05) is 0 Å². The zero-order chi connectivity index (χ0) is 15.6. The number of nitrogen functional groups attached to an aromatic ring is 1. The van der Waals surface area contributed by atoms with Crippen molar-refractivity contribution in [1.29, 1.82) is 0 Å². The van der Waals surface area contributed by atoms with E-state index in [1.165, 1.54) is 6.07 Å². The summed E-state index contributed by atoms with van der Waals surface area (Å²) in [6.45, 7) is 1.82. The highest BCUT2D eigenvalue weighted by Gasteiger charge is 2.18. The molecule has 4 nitrogen and oxygen atoms in total. The van der Waals surface area contributed by atoms with Crippen LogP contribution in [0, 0.1) is 22.1 Å². The normalized spacial score (nSPS) is 10.3. The molecule has 0 aromatic heterocycles. The predicted octanol–water partition coefficient (Wildman–Crippen LogP) is 3.22. The largest absolute Gasteiger partial charge is 0.352 e. The van der Waals surface area contributed by atoms with Gasteiger partial charge in [-0.2, -0.15) is 0 Å². The molecule has 0 heterocycles. The monoisotopic (exact) mass is 403 g/mol. The van der Waals surface area contributed by atoms with Crippen LogP contribution in [0.4, 0.5) is 20.2 Å². The number of nitrogens with two attached hydrogens (primary N) is 1. The van der Waals surface area contributed by atoms with Crippen LogP contribution in [0.2, 0.25) is 0 Å². The molecule has 0 aliphatic heterocycles. The molecule has 0 fully saturated rings. The SMILES string of the molecule is Cc1cc(I)ccc1Nc1c(C(=O)NN)ccc(F)c1F. The predicted molar refractivity (Wildman–Crippen MR) is 85.2 cm³/mol. The second-order valence-electron chi connectivity index (χ2n) is 4.34. The average molecular weight is 403 g/mol. The number of hydrogen-bond acceptors (Lipinski definition) is 3. The fraction of sp³-hybridized carbons (Fsp3) is 0.0714. The second kappa shape index (κ2) is 6.35. The van der Waals surface area contributed by atoms with Gasteiger partial charge in [0.15, 0.2) is 11.6 Å². The maximum atomic E-state index is 14.0. The first-order valence-electron chi connectivity index (χ1n) is 5.96. The molecule has 4 N–H and O–H groups in total. The van der Waals surface area contributed by atoms with E-state index in [4.69, 9.17) is 5.84 Å². The van der Waals surface area contributed by atoms with Gasteiger partial charge in [0.1, 0.15) is 0 Å². The van der Waals surface area contributed by atoms with Crippen LogP contribution < -0.4 is 16.6 Å². The molecule has 1 amide bonds. The van der Waals surface area contributed by atoms with Crippen molar-refractivity contribution in [3.63, 3.8) is 0 Å². The molecule has 2 aromatic carbocycles. The van der Waals surface area contributed by atoms with E-state index in [0.29, 0.717) is 5.69 Å². The molecule has 2 rings (SSSR count). The van der Waals surface area contributed by atoms with Crippen LogP contribution in [0.25, 0.3) is 0 Å². The number of benzene rings is 2. The minimum Gasteiger partial charge on any atom is -0.352 e. The van der Waals surface area contributed by atoms with Crippen molar-refractivity contribution in [3.8, 4) is 0 Å². The Hall–Kier alpha value is -1.74. The van der Waals surface area contributed by atoms with Crippen molar-refractivity contribution >= 4 is 39.9 Å². The van der Waals surface area contributed by atoms with Crippen LogP contribution in [0.1, 0.15) is 15.9 Å². The number of halogens is 3. The summed E-state index contributed by atoms with van der Waals surface area (Å²) in [5.41, 5.74) is 3.00. The smallest absolute Gasteiger partial charge is 0.267 e. The van der Waals surface area contributed by atoms with Gasteiger partial charge in [-0.25, -0.2) is 14.6 Å². The Morgan fingerprint density at radius 1 is 1.24 bits per heavy atom. The van der Waals surface area contributed by atoms with Crippen molar-refractivity contribution in [3.05, 3.63) is 56.7 Å². The van der Waals surface area contributed by atoms with E-state index in [9.17, 15) is 13.6 Å². The third kappa shape index (κ3) is 3.30. The molecule has 0 aliphatic rings.